The molecule has 0 saturated carbocycles. The van der Waals surface area contributed by atoms with Crippen LogP contribution in [0.5, 0.6) is 0 Å². The second-order valence-corrected chi connectivity index (χ2v) is 14.3. The Hall–Kier alpha value is -7.29. The molecule has 55 heavy (non-hydrogen) atoms. The summed E-state index contributed by atoms with van der Waals surface area (Å²) in [5.74, 6) is 0. The zero-order chi connectivity index (χ0) is 36.3. The fraction of sp³-hybridized carbons (Fsp3) is 0. The maximum absolute atomic E-state index is 5.25. The molecule has 11 aromatic rings. The highest BCUT2D eigenvalue weighted by molar-refractivity contribution is 6.23. The Morgan fingerprint density at radius 3 is 1.55 bits per heavy atom. The highest BCUT2D eigenvalue weighted by atomic mass is 15.0. The zero-order valence-corrected chi connectivity index (χ0v) is 30.0. The molecule has 2 heteroatoms. The fourth-order valence-electron chi connectivity index (χ4n) is 8.80. The Kier molecular flexibility index (Phi) is 7.21. The summed E-state index contributed by atoms with van der Waals surface area (Å²) in [6.07, 6.45) is 2.07. The number of para-hydroxylation sites is 1. The molecule has 0 atom stereocenters. The molecular weight excluding hydrogens is 665 g/mol. The minimum absolute atomic E-state index is 0.957. The maximum atomic E-state index is 5.25. The molecule has 2 nitrogen and oxygen atoms in total. The lowest BCUT2D eigenvalue weighted by molar-refractivity contribution is 1.19. The predicted molar refractivity (Wildman–Crippen MR) is 233 cm³/mol. The van der Waals surface area contributed by atoms with Crippen LogP contribution in [0.25, 0.3) is 104 Å². The number of pyridine rings is 1. The van der Waals surface area contributed by atoms with E-state index in [-0.39, 0.29) is 0 Å². The van der Waals surface area contributed by atoms with E-state index < -0.39 is 0 Å². The Labute approximate surface area is 319 Å². The van der Waals surface area contributed by atoms with Crippen molar-refractivity contribution in [2.24, 2.45) is 0 Å². The second-order valence-electron chi connectivity index (χ2n) is 14.3. The molecule has 0 radical (unpaired) electrons. The summed E-state index contributed by atoms with van der Waals surface area (Å²) in [7, 11) is 0. The molecule has 0 aliphatic heterocycles. The Morgan fingerprint density at radius 2 is 0.891 bits per heavy atom. The molecule has 9 aromatic carbocycles. The van der Waals surface area contributed by atoms with Gasteiger partial charge in [0.2, 0.25) is 0 Å². The number of aromatic nitrogens is 2. The summed E-state index contributed by atoms with van der Waals surface area (Å²) in [6.45, 7) is 0. The van der Waals surface area contributed by atoms with Crippen LogP contribution in [0.2, 0.25) is 0 Å². The average Bonchev–Trinajstić information content (AvgIpc) is 3.62. The van der Waals surface area contributed by atoms with Crippen LogP contribution in [0.15, 0.2) is 206 Å². The molecule has 0 amide bonds. The van der Waals surface area contributed by atoms with Crippen molar-refractivity contribution in [2.75, 3.05) is 0 Å². The molecule has 0 saturated heterocycles. The lowest BCUT2D eigenvalue weighted by Crippen LogP contribution is -1.94. The molecule has 256 valence electrons. The van der Waals surface area contributed by atoms with E-state index in [0.29, 0.717) is 0 Å². The number of nitrogens with zero attached hydrogens (tertiary/aromatic N) is 2. The average molecular weight is 699 g/mol. The molecule has 0 unspecified atom stereocenters. The summed E-state index contributed by atoms with van der Waals surface area (Å²) in [4.78, 5) is 5.25. The molecule has 0 fully saturated rings. The predicted octanol–water partition coefficient (Wildman–Crippen LogP) is 14.3. The van der Waals surface area contributed by atoms with Crippen molar-refractivity contribution in [1.29, 1.82) is 0 Å². The van der Waals surface area contributed by atoms with Gasteiger partial charge in [-0.15, -0.1) is 0 Å². The summed E-state index contributed by atoms with van der Waals surface area (Å²) in [5, 5.41) is 9.82. The first-order chi connectivity index (χ1) is 27.3. The molecule has 0 bridgehead atoms. The quantitative estimate of drug-likeness (QED) is 0.164. The van der Waals surface area contributed by atoms with Crippen LogP contribution < -0.4 is 0 Å². The SMILES string of the molecule is c1ccc(-c2ccc(-c3c4ccccc4c(-c4ccc(-c5cccc6c5c5ccc7ccccc7c5n6-c5ccccc5)nc4)c4ccccc34)cc2)cc1. The molecule has 11 rings (SSSR count). The van der Waals surface area contributed by atoms with Crippen LogP contribution >= 0.6 is 0 Å². The van der Waals surface area contributed by atoms with Gasteiger partial charge in [0, 0.05) is 39.2 Å². The molecule has 0 spiro atoms. The minimum Gasteiger partial charge on any atom is -0.309 e. The summed E-state index contributed by atoms with van der Waals surface area (Å²) >= 11 is 0. The smallest absolute Gasteiger partial charge is 0.0709 e. The van der Waals surface area contributed by atoms with Gasteiger partial charge >= 0.3 is 0 Å². The van der Waals surface area contributed by atoms with E-state index in [1.807, 2.05) is 0 Å². The lowest BCUT2D eigenvalue weighted by Gasteiger charge is -2.18. The third-order valence-corrected chi connectivity index (χ3v) is 11.2. The molecule has 2 heterocycles. The van der Waals surface area contributed by atoms with Gasteiger partial charge in [0.1, 0.15) is 0 Å². The summed E-state index contributed by atoms with van der Waals surface area (Å²) in [6, 6.07) is 72.3. The van der Waals surface area contributed by atoms with Crippen LogP contribution in [-0.4, -0.2) is 9.55 Å². The van der Waals surface area contributed by atoms with E-state index in [4.69, 9.17) is 4.98 Å². The number of hydrogen-bond acceptors (Lipinski definition) is 1. The number of rotatable bonds is 5. The Bertz CT molecular complexity index is 3160. The van der Waals surface area contributed by atoms with E-state index in [1.54, 1.807) is 0 Å². The van der Waals surface area contributed by atoms with E-state index in [0.717, 1.165) is 22.5 Å². The molecule has 0 aliphatic carbocycles. The normalized spacial score (nSPS) is 11.6. The van der Waals surface area contributed by atoms with Gasteiger partial charge in [0.25, 0.3) is 0 Å². The van der Waals surface area contributed by atoms with Crippen molar-refractivity contribution < 1.29 is 0 Å². The standard InChI is InChI=1S/C53H34N2/c1-3-14-35(15-4-1)36-26-28-38(29-27-36)50-42-20-9-11-22-44(42)51(45-23-12-10-21-43(45)50)39-31-33-48(54-34-39)46-24-13-25-49-52(46)47-32-30-37-16-7-8-19-41(37)53(47)55(49)40-17-5-2-6-18-40/h1-34H. The number of fused-ring (bicyclic) bond motifs is 7. The topological polar surface area (TPSA) is 17.8 Å². The van der Waals surface area contributed by atoms with Gasteiger partial charge in [-0.05, 0) is 79.0 Å². The largest absolute Gasteiger partial charge is 0.309 e. The third kappa shape index (κ3) is 5.00. The van der Waals surface area contributed by atoms with Crippen molar-refractivity contribution >= 4 is 54.1 Å². The highest BCUT2D eigenvalue weighted by Crippen LogP contribution is 2.45. The zero-order valence-electron chi connectivity index (χ0n) is 30.0. The molecule has 0 aliphatic rings. The van der Waals surface area contributed by atoms with Crippen LogP contribution in [0, 0.1) is 0 Å². The van der Waals surface area contributed by atoms with Crippen LogP contribution in [0.1, 0.15) is 0 Å². The Balaban J connectivity index is 1.09. The van der Waals surface area contributed by atoms with Gasteiger partial charge in [-0.1, -0.05) is 176 Å². The van der Waals surface area contributed by atoms with E-state index in [9.17, 15) is 0 Å². The first-order valence-electron chi connectivity index (χ1n) is 18.9. The minimum atomic E-state index is 0.957. The van der Waals surface area contributed by atoms with Crippen molar-refractivity contribution in [3.63, 3.8) is 0 Å². The lowest BCUT2D eigenvalue weighted by atomic mass is 9.86. The molecular formula is C53H34N2. The summed E-state index contributed by atoms with van der Waals surface area (Å²) in [5.41, 5.74) is 12.8. The second kappa shape index (κ2) is 12.7. The van der Waals surface area contributed by atoms with Crippen molar-refractivity contribution in [1.82, 2.24) is 9.55 Å². The number of hydrogen-bond donors (Lipinski definition) is 0. The van der Waals surface area contributed by atoms with Crippen molar-refractivity contribution in [3.05, 3.63) is 206 Å². The monoisotopic (exact) mass is 698 g/mol. The van der Waals surface area contributed by atoms with Gasteiger partial charge in [-0.25, -0.2) is 0 Å². The van der Waals surface area contributed by atoms with Gasteiger partial charge in [-0.2, -0.15) is 0 Å². The van der Waals surface area contributed by atoms with Gasteiger partial charge in [0.15, 0.2) is 0 Å². The van der Waals surface area contributed by atoms with E-state index in [1.165, 1.54) is 81.9 Å². The molecule has 2 aromatic heterocycles. The van der Waals surface area contributed by atoms with Gasteiger partial charge in [-0.3, -0.25) is 4.98 Å². The first-order valence-corrected chi connectivity index (χ1v) is 18.9. The third-order valence-electron chi connectivity index (χ3n) is 11.2. The van der Waals surface area contributed by atoms with Crippen molar-refractivity contribution in [2.45, 2.75) is 0 Å². The van der Waals surface area contributed by atoms with Crippen LogP contribution in [0.4, 0.5) is 0 Å². The molecule has 0 N–H and O–H groups in total. The maximum Gasteiger partial charge on any atom is 0.0709 e. The van der Waals surface area contributed by atoms with Crippen molar-refractivity contribution in [3.8, 4) is 50.3 Å². The van der Waals surface area contributed by atoms with E-state index in [2.05, 4.69) is 211 Å². The fourth-order valence-corrected chi connectivity index (χ4v) is 8.80. The Morgan fingerprint density at radius 1 is 0.345 bits per heavy atom. The van der Waals surface area contributed by atoms with E-state index >= 15 is 0 Å². The number of benzene rings is 9. The van der Waals surface area contributed by atoms with Gasteiger partial charge in [0.05, 0.1) is 16.7 Å². The first kappa shape index (κ1) is 31.3. The highest BCUT2D eigenvalue weighted by Gasteiger charge is 2.20. The van der Waals surface area contributed by atoms with Crippen LogP contribution in [-0.2, 0) is 0 Å². The van der Waals surface area contributed by atoms with Gasteiger partial charge < -0.3 is 4.57 Å². The summed E-state index contributed by atoms with van der Waals surface area (Å²) < 4.78 is 2.42. The van der Waals surface area contributed by atoms with Crippen LogP contribution in [0.3, 0.4) is 0 Å².